The molecule has 1 aromatic heterocycles. The lowest BCUT2D eigenvalue weighted by atomic mass is 10.2. The molecule has 8 nitrogen and oxygen atoms in total. The van der Waals surface area contributed by atoms with Crippen LogP contribution in [0, 0.1) is 0 Å². The minimum atomic E-state index is -4.63. The van der Waals surface area contributed by atoms with Crippen LogP contribution in [0.2, 0.25) is 5.02 Å². The second kappa shape index (κ2) is 9.71. The average molecular weight is 470 g/mol. The van der Waals surface area contributed by atoms with Crippen molar-refractivity contribution in [3.63, 3.8) is 0 Å². The fourth-order valence-corrected chi connectivity index (χ4v) is 3.18. The molecule has 3 rings (SSSR count). The molecule has 0 aliphatic rings. The molecule has 0 saturated heterocycles. The summed E-state index contributed by atoms with van der Waals surface area (Å²) in [5.41, 5.74) is 2.43. The standard InChI is InChI=1S/C18H15ClF3N7OS/c19-14-7-6-12(8-13(14)18(20,21)22)25-15(30)10-31-17-28-27-16(29(17)23)26-24-9-11-4-2-1-3-5-11/h1-9H,10,23H2,(H,25,30)(H,26,27)/b24-9+. The van der Waals surface area contributed by atoms with Crippen LogP contribution < -0.4 is 16.6 Å². The Morgan fingerprint density at radius 2 is 1.97 bits per heavy atom. The third-order valence-electron chi connectivity index (χ3n) is 3.73. The first kappa shape index (κ1) is 22.4. The lowest BCUT2D eigenvalue weighted by Gasteiger charge is -2.11. The summed E-state index contributed by atoms with van der Waals surface area (Å²) in [6, 6.07) is 12.4. The van der Waals surface area contributed by atoms with Crippen LogP contribution in [0.15, 0.2) is 58.8 Å². The number of hydrazone groups is 1. The Labute approximate surface area is 183 Å². The number of thioether (sulfide) groups is 1. The second-order valence-electron chi connectivity index (χ2n) is 5.99. The van der Waals surface area contributed by atoms with Gasteiger partial charge in [-0.2, -0.15) is 18.3 Å². The zero-order chi connectivity index (χ0) is 22.4. The van der Waals surface area contributed by atoms with E-state index in [0.717, 1.165) is 34.1 Å². The van der Waals surface area contributed by atoms with Crippen molar-refractivity contribution < 1.29 is 18.0 Å². The first-order valence-electron chi connectivity index (χ1n) is 8.58. The van der Waals surface area contributed by atoms with Crippen LogP contribution in [0.5, 0.6) is 0 Å². The second-order valence-corrected chi connectivity index (χ2v) is 7.34. The summed E-state index contributed by atoms with van der Waals surface area (Å²) >= 11 is 6.51. The van der Waals surface area contributed by atoms with Crippen molar-refractivity contribution in [2.24, 2.45) is 5.10 Å². The molecule has 0 saturated carbocycles. The number of halogens is 4. The van der Waals surface area contributed by atoms with E-state index in [9.17, 15) is 18.0 Å². The highest BCUT2D eigenvalue weighted by atomic mass is 35.5. The molecule has 4 N–H and O–H groups in total. The minimum absolute atomic E-state index is 0.0332. The number of nitrogens with two attached hydrogens (primary N) is 1. The number of aromatic nitrogens is 3. The first-order valence-corrected chi connectivity index (χ1v) is 9.94. The molecule has 31 heavy (non-hydrogen) atoms. The zero-order valence-corrected chi connectivity index (χ0v) is 17.2. The molecule has 1 amide bonds. The van der Waals surface area contributed by atoms with Gasteiger partial charge in [0.1, 0.15) is 0 Å². The molecule has 0 spiro atoms. The average Bonchev–Trinajstić information content (AvgIpc) is 3.07. The molecule has 0 bridgehead atoms. The number of nitrogens with one attached hydrogen (secondary N) is 2. The Morgan fingerprint density at radius 1 is 1.23 bits per heavy atom. The van der Waals surface area contributed by atoms with Crippen LogP contribution in [0.25, 0.3) is 0 Å². The van der Waals surface area contributed by atoms with E-state index in [1.807, 2.05) is 30.3 Å². The normalized spacial score (nSPS) is 11.6. The Bertz CT molecular complexity index is 1090. The van der Waals surface area contributed by atoms with Gasteiger partial charge in [-0.25, -0.2) is 10.1 Å². The van der Waals surface area contributed by atoms with Gasteiger partial charge >= 0.3 is 6.18 Å². The van der Waals surface area contributed by atoms with Gasteiger partial charge in [-0.1, -0.05) is 53.7 Å². The smallest absolute Gasteiger partial charge is 0.334 e. The first-order chi connectivity index (χ1) is 14.7. The third-order valence-corrected chi connectivity index (χ3v) is 5.00. The summed E-state index contributed by atoms with van der Waals surface area (Å²) in [7, 11) is 0. The number of rotatable bonds is 7. The van der Waals surface area contributed by atoms with Crippen molar-refractivity contribution in [1.29, 1.82) is 0 Å². The molecule has 0 fully saturated rings. The van der Waals surface area contributed by atoms with Gasteiger partial charge in [0, 0.05) is 5.69 Å². The van der Waals surface area contributed by atoms with E-state index in [4.69, 9.17) is 17.4 Å². The van der Waals surface area contributed by atoms with Gasteiger partial charge in [0.15, 0.2) is 0 Å². The summed E-state index contributed by atoms with van der Waals surface area (Å²) in [5, 5.41) is 13.8. The predicted molar refractivity (Wildman–Crippen MR) is 114 cm³/mol. The van der Waals surface area contributed by atoms with E-state index in [2.05, 4.69) is 26.0 Å². The molecule has 0 aliphatic carbocycles. The molecule has 0 aliphatic heterocycles. The highest BCUT2D eigenvalue weighted by Crippen LogP contribution is 2.36. The molecular weight excluding hydrogens is 455 g/mol. The van der Waals surface area contributed by atoms with Crippen LogP contribution in [0.4, 0.5) is 24.8 Å². The fourth-order valence-electron chi connectivity index (χ4n) is 2.30. The fraction of sp³-hybridized carbons (Fsp3) is 0.111. The largest absolute Gasteiger partial charge is 0.417 e. The quantitative estimate of drug-likeness (QED) is 0.210. The van der Waals surface area contributed by atoms with Crippen molar-refractivity contribution in [3.05, 3.63) is 64.7 Å². The van der Waals surface area contributed by atoms with Crippen LogP contribution in [-0.2, 0) is 11.0 Å². The molecule has 1 heterocycles. The number of alkyl halides is 3. The number of anilines is 2. The summed E-state index contributed by atoms with van der Waals surface area (Å²) in [5.74, 6) is 5.29. The topological polar surface area (TPSA) is 110 Å². The summed E-state index contributed by atoms with van der Waals surface area (Å²) in [4.78, 5) is 12.1. The van der Waals surface area contributed by atoms with Gasteiger partial charge in [0.25, 0.3) is 5.95 Å². The Hall–Kier alpha value is -3.25. The van der Waals surface area contributed by atoms with Crippen LogP contribution in [0.1, 0.15) is 11.1 Å². The molecule has 13 heteroatoms. The number of carbonyl (C=O) groups is 1. The molecule has 2 aromatic carbocycles. The number of hydrogen-bond acceptors (Lipinski definition) is 7. The number of carbonyl (C=O) groups excluding carboxylic acids is 1. The number of benzene rings is 2. The van der Waals surface area contributed by atoms with Crippen LogP contribution in [0.3, 0.4) is 0 Å². The number of nitrogen functional groups attached to an aromatic ring is 1. The summed E-state index contributed by atoms with van der Waals surface area (Å²) in [6.07, 6.45) is -3.06. The molecule has 0 radical (unpaired) electrons. The van der Waals surface area contributed by atoms with E-state index < -0.39 is 22.7 Å². The molecule has 162 valence electrons. The zero-order valence-electron chi connectivity index (χ0n) is 15.6. The van der Waals surface area contributed by atoms with Gasteiger partial charge in [-0.3, -0.25) is 4.79 Å². The monoisotopic (exact) mass is 469 g/mol. The van der Waals surface area contributed by atoms with Crippen molar-refractivity contribution in [2.75, 3.05) is 22.3 Å². The SMILES string of the molecule is Nn1c(N/N=C/c2ccccc2)nnc1SCC(=O)Nc1ccc(Cl)c(C(F)(F)F)c1. The lowest BCUT2D eigenvalue weighted by Crippen LogP contribution is -2.17. The Balaban J connectivity index is 1.56. The molecular formula is C18H15ClF3N7OS. The van der Waals surface area contributed by atoms with Gasteiger partial charge in [0.2, 0.25) is 11.1 Å². The molecule has 0 atom stereocenters. The maximum absolute atomic E-state index is 12.9. The van der Waals surface area contributed by atoms with Crippen molar-refractivity contribution in [2.45, 2.75) is 11.3 Å². The van der Waals surface area contributed by atoms with Crippen molar-refractivity contribution >= 4 is 47.1 Å². The van der Waals surface area contributed by atoms with Crippen LogP contribution in [-0.4, -0.2) is 32.7 Å². The highest BCUT2D eigenvalue weighted by molar-refractivity contribution is 7.99. The number of amides is 1. The summed E-state index contributed by atoms with van der Waals surface area (Å²) < 4.78 is 39.9. The lowest BCUT2D eigenvalue weighted by molar-refractivity contribution is -0.137. The maximum Gasteiger partial charge on any atom is 0.417 e. The van der Waals surface area contributed by atoms with Crippen molar-refractivity contribution in [1.82, 2.24) is 14.9 Å². The molecule has 0 unspecified atom stereocenters. The van der Waals surface area contributed by atoms with Gasteiger partial charge in [-0.05, 0) is 23.8 Å². The van der Waals surface area contributed by atoms with Gasteiger partial charge in [0.05, 0.1) is 22.6 Å². The minimum Gasteiger partial charge on any atom is -0.334 e. The third kappa shape index (κ3) is 6.12. The molecule has 3 aromatic rings. The Morgan fingerprint density at radius 3 is 2.68 bits per heavy atom. The van der Waals surface area contributed by atoms with E-state index in [0.29, 0.717) is 0 Å². The van der Waals surface area contributed by atoms with E-state index in [1.54, 1.807) is 6.21 Å². The Kier molecular flexibility index (Phi) is 7.02. The number of nitrogens with zero attached hydrogens (tertiary/aromatic N) is 4. The van der Waals surface area contributed by atoms with Gasteiger partial charge in [-0.15, -0.1) is 10.2 Å². The van der Waals surface area contributed by atoms with E-state index in [-0.39, 0.29) is 22.5 Å². The van der Waals surface area contributed by atoms with Crippen molar-refractivity contribution in [3.8, 4) is 0 Å². The maximum atomic E-state index is 12.9. The van der Waals surface area contributed by atoms with E-state index >= 15 is 0 Å². The predicted octanol–water partition coefficient (Wildman–Crippen LogP) is 3.84. The van der Waals surface area contributed by atoms with Gasteiger partial charge < -0.3 is 11.2 Å². The summed E-state index contributed by atoms with van der Waals surface area (Å²) in [6.45, 7) is 0. The van der Waals surface area contributed by atoms with E-state index in [1.165, 1.54) is 6.07 Å². The number of hydrogen-bond donors (Lipinski definition) is 3. The van der Waals surface area contributed by atoms with Crippen LogP contribution >= 0.6 is 23.4 Å². The highest BCUT2D eigenvalue weighted by Gasteiger charge is 2.33.